The van der Waals surface area contributed by atoms with Crippen molar-refractivity contribution in [1.29, 1.82) is 0 Å². The molecule has 0 atom stereocenters. The number of nitrogens with zero attached hydrogens (tertiary/aromatic N) is 3. The molecule has 75 valence electrons. The molecule has 0 bridgehead atoms. The molecule has 1 radical (unpaired) electrons. The molecule has 0 aliphatic heterocycles. The molecule has 1 rings (SSSR count). The standard InChI is InChI=1S/C6H6FN4O2S/c7-1-2-13-10-4(3-12)5-9-6(8)14-11-5/h1-2H2,(H2,8,9,11)/b10-4-. The summed E-state index contributed by atoms with van der Waals surface area (Å²) in [5.41, 5.74) is 5.06. The molecule has 6 nitrogen and oxygen atoms in total. The maximum absolute atomic E-state index is 11.6. The first kappa shape index (κ1) is 10.5. The van der Waals surface area contributed by atoms with Gasteiger partial charge in [-0.2, -0.15) is 9.36 Å². The van der Waals surface area contributed by atoms with E-state index in [-0.39, 0.29) is 23.3 Å². The predicted molar refractivity (Wildman–Crippen MR) is 48.5 cm³/mol. The summed E-state index contributed by atoms with van der Waals surface area (Å²) >= 11 is 0.915. The first-order valence-corrected chi connectivity index (χ1v) is 4.29. The molecule has 0 unspecified atom stereocenters. The highest BCUT2D eigenvalue weighted by Gasteiger charge is 2.10. The number of alkyl halides is 1. The summed E-state index contributed by atoms with van der Waals surface area (Å²) in [4.78, 5) is 18.5. The Hall–Kier alpha value is -1.57. The van der Waals surface area contributed by atoms with Gasteiger partial charge in [0.25, 0.3) is 6.29 Å². The molecular weight excluding hydrogens is 211 g/mol. The Labute approximate surface area is 82.7 Å². The number of aromatic nitrogens is 2. The fourth-order valence-electron chi connectivity index (χ4n) is 0.581. The van der Waals surface area contributed by atoms with E-state index in [1.807, 2.05) is 0 Å². The van der Waals surface area contributed by atoms with Crippen LogP contribution in [0.1, 0.15) is 5.82 Å². The average molecular weight is 217 g/mol. The van der Waals surface area contributed by atoms with E-state index in [9.17, 15) is 9.18 Å². The van der Waals surface area contributed by atoms with E-state index in [0.717, 1.165) is 11.5 Å². The summed E-state index contributed by atoms with van der Waals surface area (Å²) in [7, 11) is 0. The zero-order valence-electron chi connectivity index (χ0n) is 6.94. The van der Waals surface area contributed by atoms with Crippen molar-refractivity contribution in [1.82, 2.24) is 9.36 Å². The lowest BCUT2D eigenvalue weighted by Gasteiger charge is -1.93. The summed E-state index contributed by atoms with van der Waals surface area (Å²) < 4.78 is 15.3. The molecule has 0 fully saturated rings. The van der Waals surface area contributed by atoms with Crippen LogP contribution in [0.2, 0.25) is 0 Å². The second kappa shape index (κ2) is 5.22. The van der Waals surface area contributed by atoms with Crippen molar-refractivity contribution in [2.45, 2.75) is 0 Å². The predicted octanol–water partition coefficient (Wildman–Crippen LogP) is -0.0798. The maximum Gasteiger partial charge on any atom is 0.261 e. The fourth-order valence-corrected chi connectivity index (χ4v) is 1.02. The second-order valence-corrected chi connectivity index (χ2v) is 2.80. The van der Waals surface area contributed by atoms with E-state index < -0.39 is 6.67 Å². The van der Waals surface area contributed by atoms with E-state index in [4.69, 9.17) is 5.73 Å². The van der Waals surface area contributed by atoms with Gasteiger partial charge in [-0.1, -0.05) is 5.16 Å². The minimum absolute atomic E-state index is 0.0290. The number of nitrogens with two attached hydrogens (primary N) is 1. The van der Waals surface area contributed by atoms with Crippen LogP contribution >= 0.6 is 11.5 Å². The third-order valence-electron chi connectivity index (χ3n) is 1.07. The number of anilines is 1. The van der Waals surface area contributed by atoms with Crippen molar-refractivity contribution in [3.8, 4) is 0 Å². The highest BCUT2D eigenvalue weighted by Crippen LogP contribution is 2.05. The molecule has 1 aromatic heterocycles. The van der Waals surface area contributed by atoms with Gasteiger partial charge in [0, 0.05) is 11.5 Å². The zero-order valence-corrected chi connectivity index (χ0v) is 7.75. The molecule has 0 spiro atoms. The van der Waals surface area contributed by atoms with Crippen molar-refractivity contribution >= 4 is 28.7 Å². The number of oxime groups is 1. The van der Waals surface area contributed by atoms with Gasteiger partial charge < -0.3 is 10.6 Å². The monoisotopic (exact) mass is 217 g/mol. The van der Waals surface area contributed by atoms with Crippen molar-refractivity contribution in [2.75, 3.05) is 19.0 Å². The number of halogens is 1. The largest absolute Gasteiger partial charge is 0.392 e. The molecule has 0 saturated carbocycles. The Morgan fingerprint density at radius 1 is 1.79 bits per heavy atom. The molecule has 2 N–H and O–H groups in total. The number of hydrogen-bond acceptors (Lipinski definition) is 7. The summed E-state index contributed by atoms with van der Waals surface area (Å²) in [6, 6.07) is 0. The van der Waals surface area contributed by atoms with Crippen molar-refractivity contribution < 1.29 is 14.0 Å². The Kier molecular flexibility index (Phi) is 3.92. The van der Waals surface area contributed by atoms with Gasteiger partial charge in [-0.15, -0.1) is 0 Å². The Balaban J connectivity index is 2.71. The molecule has 14 heavy (non-hydrogen) atoms. The lowest BCUT2D eigenvalue weighted by Crippen LogP contribution is -2.06. The van der Waals surface area contributed by atoms with E-state index in [0.29, 0.717) is 0 Å². The van der Waals surface area contributed by atoms with Crippen molar-refractivity contribution in [3.63, 3.8) is 0 Å². The molecule has 0 aliphatic carbocycles. The quantitative estimate of drug-likeness (QED) is 0.423. The van der Waals surface area contributed by atoms with Crippen LogP contribution in [0.25, 0.3) is 0 Å². The van der Waals surface area contributed by atoms with Crippen LogP contribution in [0.15, 0.2) is 5.16 Å². The van der Waals surface area contributed by atoms with Gasteiger partial charge in [0.2, 0.25) is 5.82 Å². The molecule has 0 saturated heterocycles. The Morgan fingerprint density at radius 2 is 2.57 bits per heavy atom. The first-order chi connectivity index (χ1) is 6.77. The third-order valence-corrected chi connectivity index (χ3v) is 1.62. The Bertz CT molecular complexity index is 340. The van der Waals surface area contributed by atoms with Gasteiger partial charge in [-0.25, -0.2) is 4.39 Å². The van der Waals surface area contributed by atoms with E-state index in [1.165, 1.54) is 6.29 Å². The van der Waals surface area contributed by atoms with Crippen LogP contribution in [-0.4, -0.2) is 34.6 Å². The van der Waals surface area contributed by atoms with Crippen LogP contribution < -0.4 is 5.73 Å². The molecule has 0 amide bonds. The summed E-state index contributed by atoms with van der Waals surface area (Å²) in [5.74, 6) is 0.0290. The van der Waals surface area contributed by atoms with Gasteiger partial charge in [0.05, 0.1) is 0 Å². The summed E-state index contributed by atoms with van der Waals surface area (Å²) in [6.07, 6.45) is 1.47. The summed E-state index contributed by atoms with van der Waals surface area (Å²) in [6.45, 7) is -0.924. The van der Waals surface area contributed by atoms with E-state index in [2.05, 4.69) is 19.4 Å². The molecule has 0 aliphatic rings. The summed E-state index contributed by atoms with van der Waals surface area (Å²) in [5, 5.41) is 3.50. The molecule has 1 aromatic rings. The van der Waals surface area contributed by atoms with Gasteiger partial charge in [-0.3, -0.25) is 4.79 Å². The van der Waals surface area contributed by atoms with Gasteiger partial charge >= 0.3 is 0 Å². The van der Waals surface area contributed by atoms with Gasteiger partial charge in [0.15, 0.2) is 10.8 Å². The SMILES string of the molecule is Nc1nc(/C([C]=O)=N\OCCF)ns1. The van der Waals surface area contributed by atoms with Crippen LogP contribution in [0.5, 0.6) is 0 Å². The Morgan fingerprint density at radius 3 is 3.07 bits per heavy atom. The molecule has 0 aromatic carbocycles. The van der Waals surface area contributed by atoms with E-state index >= 15 is 0 Å². The van der Waals surface area contributed by atoms with E-state index in [1.54, 1.807) is 0 Å². The number of rotatable bonds is 5. The average Bonchev–Trinajstić information content (AvgIpc) is 2.60. The molecule has 8 heteroatoms. The van der Waals surface area contributed by atoms with Gasteiger partial charge in [-0.05, 0) is 0 Å². The minimum atomic E-state index is -0.692. The second-order valence-electron chi connectivity index (χ2n) is 2.02. The van der Waals surface area contributed by atoms with Crippen molar-refractivity contribution in [3.05, 3.63) is 5.82 Å². The lowest BCUT2D eigenvalue weighted by molar-refractivity contribution is 0.128. The third kappa shape index (κ3) is 2.73. The fraction of sp³-hybridized carbons (Fsp3) is 0.333. The highest BCUT2D eigenvalue weighted by molar-refractivity contribution is 7.09. The van der Waals surface area contributed by atoms with Crippen LogP contribution in [0.3, 0.4) is 0 Å². The first-order valence-electron chi connectivity index (χ1n) is 3.51. The minimum Gasteiger partial charge on any atom is -0.392 e. The molecule has 1 heterocycles. The smallest absolute Gasteiger partial charge is 0.261 e. The van der Waals surface area contributed by atoms with Crippen LogP contribution in [-0.2, 0) is 9.63 Å². The highest BCUT2D eigenvalue weighted by atomic mass is 32.1. The normalized spacial score (nSPS) is 11.4. The maximum atomic E-state index is 11.6. The topological polar surface area (TPSA) is 90.5 Å². The lowest BCUT2D eigenvalue weighted by atomic mass is 10.4. The van der Waals surface area contributed by atoms with Crippen molar-refractivity contribution in [2.24, 2.45) is 5.16 Å². The van der Waals surface area contributed by atoms with Gasteiger partial charge in [0.1, 0.15) is 13.3 Å². The molecular formula is C6H6FN4O2S. The zero-order chi connectivity index (χ0) is 10.4. The number of hydrogen-bond donors (Lipinski definition) is 1. The van der Waals surface area contributed by atoms with Crippen LogP contribution in [0, 0.1) is 0 Å². The number of nitrogen functional groups attached to an aromatic ring is 1. The van der Waals surface area contributed by atoms with Crippen LogP contribution in [0.4, 0.5) is 9.52 Å². The number of carbonyl (C=O) groups excluding carboxylic acids is 1.